The van der Waals surface area contributed by atoms with E-state index in [2.05, 4.69) is 17.0 Å². The predicted octanol–water partition coefficient (Wildman–Crippen LogP) is 3.37. The van der Waals surface area contributed by atoms with Crippen molar-refractivity contribution in [2.45, 2.75) is 6.54 Å². The minimum absolute atomic E-state index is 0.0889. The van der Waals surface area contributed by atoms with Gasteiger partial charge in [-0.25, -0.2) is 0 Å². The Labute approximate surface area is 145 Å². The molecule has 1 aliphatic heterocycles. The molecule has 2 aromatic rings. The molecule has 1 saturated heterocycles. The van der Waals surface area contributed by atoms with Crippen LogP contribution in [0.15, 0.2) is 36.4 Å². The molecular formula is C17H19ClN2O2S. The molecule has 0 unspecified atom stereocenters. The molecule has 6 heteroatoms. The van der Waals surface area contributed by atoms with E-state index in [1.165, 1.54) is 16.9 Å². The molecule has 2 heterocycles. The number of thiophene rings is 1. The standard InChI is InChI=1S/C17H19ClN2O2S/c1-22-14-4-2-13(3-5-14)12-19-8-10-20(11-9-19)17(21)15-6-7-16(18)23-15/h2-7H,8-12H2,1H3. The third-order valence-electron chi connectivity index (χ3n) is 4.01. The fraction of sp³-hybridized carbons (Fsp3) is 0.353. The third-order valence-corrected chi connectivity index (χ3v) is 5.23. The minimum Gasteiger partial charge on any atom is -0.497 e. The first-order valence-electron chi connectivity index (χ1n) is 7.55. The summed E-state index contributed by atoms with van der Waals surface area (Å²) in [7, 11) is 1.67. The molecule has 122 valence electrons. The Balaban J connectivity index is 1.52. The highest BCUT2D eigenvalue weighted by molar-refractivity contribution is 7.17. The molecule has 0 radical (unpaired) electrons. The summed E-state index contributed by atoms with van der Waals surface area (Å²) in [6.07, 6.45) is 0. The van der Waals surface area contributed by atoms with Crippen molar-refractivity contribution >= 4 is 28.8 Å². The van der Waals surface area contributed by atoms with Gasteiger partial charge in [-0.05, 0) is 29.8 Å². The van der Waals surface area contributed by atoms with Gasteiger partial charge in [0.25, 0.3) is 5.91 Å². The number of halogens is 1. The summed E-state index contributed by atoms with van der Waals surface area (Å²) in [5, 5.41) is 0. The molecule has 0 N–H and O–H groups in total. The van der Waals surface area contributed by atoms with E-state index in [9.17, 15) is 4.79 Å². The second kappa shape index (κ2) is 7.34. The van der Waals surface area contributed by atoms with Gasteiger partial charge in [-0.2, -0.15) is 0 Å². The lowest BCUT2D eigenvalue weighted by Crippen LogP contribution is -2.48. The summed E-state index contributed by atoms with van der Waals surface area (Å²) in [6.45, 7) is 4.18. The van der Waals surface area contributed by atoms with Crippen LogP contribution in [0, 0.1) is 0 Å². The van der Waals surface area contributed by atoms with Crippen molar-refractivity contribution < 1.29 is 9.53 Å². The van der Waals surface area contributed by atoms with Crippen LogP contribution in [-0.2, 0) is 6.54 Å². The molecule has 0 aliphatic carbocycles. The van der Waals surface area contributed by atoms with Gasteiger partial charge in [0.05, 0.1) is 16.3 Å². The van der Waals surface area contributed by atoms with Gasteiger partial charge < -0.3 is 9.64 Å². The van der Waals surface area contributed by atoms with Crippen LogP contribution >= 0.6 is 22.9 Å². The van der Waals surface area contributed by atoms with Crippen molar-refractivity contribution in [3.63, 3.8) is 0 Å². The number of rotatable bonds is 4. The number of nitrogens with zero attached hydrogens (tertiary/aromatic N) is 2. The average molecular weight is 351 g/mol. The van der Waals surface area contributed by atoms with Crippen LogP contribution in [-0.4, -0.2) is 49.0 Å². The van der Waals surface area contributed by atoms with E-state index in [0.717, 1.165) is 43.4 Å². The van der Waals surface area contributed by atoms with Crippen molar-refractivity contribution in [3.8, 4) is 5.75 Å². The predicted molar refractivity (Wildman–Crippen MR) is 93.5 cm³/mol. The Kier molecular flexibility index (Phi) is 5.20. The number of ether oxygens (including phenoxy) is 1. The average Bonchev–Trinajstić information content (AvgIpc) is 3.02. The molecule has 23 heavy (non-hydrogen) atoms. The second-order valence-corrected chi connectivity index (χ2v) is 7.24. The molecule has 1 aliphatic rings. The first-order chi connectivity index (χ1) is 11.2. The van der Waals surface area contributed by atoms with E-state index in [4.69, 9.17) is 16.3 Å². The van der Waals surface area contributed by atoms with E-state index in [-0.39, 0.29) is 5.91 Å². The Hall–Kier alpha value is -1.56. The first kappa shape index (κ1) is 16.3. The highest BCUT2D eigenvalue weighted by Crippen LogP contribution is 2.23. The van der Waals surface area contributed by atoms with Crippen molar-refractivity contribution in [2.75, 3.05) is 33.3 Å². The van der Waals surface area contributed by atoms with Crippen molar-refractivity contribution in [1.82, 2.24) is 9.80 Å². The van der Waals surface area contributed by atoms with E-state index >= 15 is 0 Å². The molecule has 3 rings (SSSR count). The molecule has 0 bridgehead atoms. The maximum Gasteiger partial charge on any atom is 0.264 e. The summed E-state index contributed by atoms with van der Waals surface area (Å²) in [5.74, 6) is 0.963. The molecular weight excluding hydrogens is 332 g/mol. The molecule has 4 nitrogen and oxygen atoms in total. The summed E-state index contributed by atoms with van der Waals surface area (Å²) in [5.41, 5.74) is 1.26. The van der Waals surface area contributed by atoms with Crippen LogP contribution in [0.4, 0.5) is 0 Å². The van der Waals surface area contributed by atoms with Crippen LogP contribution in [0.2, 0.25) is 4.34 Å². The number of amides is 1. The maximum atomic E-state index is 12.4. The molecule has 1 amide bonds. The third kappa shape index (κ3) is 4.05. The van der Waals surface area contributed by atoms with Crippen LogP contribution < -0.4 is 4.74 Å². The van der Waals surface area contributed by atoms with E-state index < -0.39 is 0 Å². The van der Waals surface area contributed by atoms with Gasteiger partial charge in [-0.15, -0.1) is 11.3 Å². The van der Waals surface area contributed by atoms with Gasteiger partial charge >= 0.3 is 0 Å². The molecule has 1 aromatic heterocycles. The molecule has 1 fully saturated rings. The normalized spacial score (nSPS) is 15.7. The summed E-state index contributed by atoms with van der Waals surface area (Å²) in [6, 6.07) is 11.7. The molecule has 0 atom stereocenters. The zero-order valence-electron chi connectivity index (χ0n) is 13.0. The van der Waals surface area contributed by atoms with Crippen molar-refractivity contribution in [2.24, 2.45) is 0 Å². The van der Waals surface area contributed by atoms with Gasteiger partial charge in [0.1, 0.15) is 5.75 Å². The van der Waals surface area contributed by atoms with E-state index in [1.54, 1.807) is 19.2 Å². The number of carbonyl (C=O) groups is 1. The van der Waals surface area contributed by atoms with Crippen LogP contribution in [0.1, 0.15) is 15.2 Å². The molecule has 0 saturated carbocycles. The Morgan fingerprint density at radius 2 is 1.83 bits per heavy atom. The summed E-state index contributed by atoms with van der Waals surface area (Å²) >= 11 is 7.25. The monoisotopic (exact) mass is 350 g/mol. The lowest BCUT2D eigenvalue weighted by Gasteiger charge is -2.34. The lowest BCUT2D eigenvalue weighted by molar-refractivity contribution is 0.0633. The van der Waals surface area contributed by atoms with Gasteiger partial charge in [0, 0.05) is 32.7 Å². The molecule has 0 spiro atoms. The summed E-state index contributed by atoms with van der Waals surface area (Å²) < 4.78 is 5.84. The number of piperazine rings is 1. The fourth-order valence-electron chi connectivity index (χ4n) is 2.68. The topological polar surface area (TPSA) is 32.8 Å². The Morgan fingerprint density at radius 3 is 2.39 bits per heavy atom. The largest absolute Gasteiger partial charge is 0.497 e. The first-order valence-corrected chi connectivity index (χ1v) is 8.75. The number of methoxy groups -OCH3 is 1. The molecule has 1 aromatic carbocycles. The maximum absolute atomic E-state index is 12.4. The van der Waals surface area contributed by atoms with Crippen LogP contribution in [0.25, 0.3) is 0 Å². The number of carbonyl (C=O) groups excluding carboxylic acids is 1. The quantitative estimate of drug-likeness (QED) is 0.847. The van der Waals surface area contributed by atoms with E-state index in [1.807, 2.05) is 17.0 Å². The minimum atomic E-state index is 0.0889. The van der Waals surface area contributed by atoms with Crippen LogP contribution in [0.5, 0.6) is 5.75 Å². The summed E-state index contributed by atoms with van der Waals surface area (Å²) in [4.78, 5) is 17.4. The van der Waals surface area contributed by atoms with Gasteiger partial charge in [0.2, 0.25) is 0 Å². The van der Waals surface area contributed by atoms with Crippen molar-refractivity contribution in [3.05, 3.63) is 51.2 Å². The van der Waals surface area contributed by atoms with Crippen LogP contribution in [0.3, 0.4) is 0 Å². The number of hydrogen-bond acceptors (Lipinski definition) is 4. The lowest BCUT2D eigenvalue weighted by atomic mass is 10.2. The zero-order valence-corrected chi connectivity index (χ0v) is 14.6. The van der Waals surface area contributed by atoms with Gasteiger partial charge in [-0.1, -0.05) is 23.7 Å². The number of benzene rings is 1. The van der Waals surface area contributed by atoms with Gasteiger partial charge in [0.15, 0.2) is 0 Å². The SMILES string of the molecule is COc1ccc(CN2CCN(C(=O)c3ccc(Cl)s3)CC2)cc1. The number of hydrogen-bond donors (Lipinski definition) is 0. The Morgan fingerprint density at radius 1 is 1.13 bits per heavy atom. The van der Waals surface area contributed by atoms with E-state index in [0.29, 0.717) is 4.34 Å². The highest BCUT2D eigenvalue weighted by Gasteiger charge is 2.23. The smallest absolute Gasteiger partial charge is 0.264 e. The van der Waals surface area contributed by atoms with Crippen molar-refractivity contribution in [1.29, 1.82) is 0 Å². The Bertz CT molecular complexity index is 663. The highest BCUT2D eigenvalue weighted by atomic mass is 35.5. The zero-order chi connectivity index (χ0) is 16.2. The second-order valence-electron chi connectivity index (χ2n) is 5.52. The fourth-order valence-corrected chi connectivity index (χ4v) is 3.69. The van der Waals surface area contributed by atoms with Gasteiger partial charge in [-0.3, -0.25) is 9.69 Å².